The van der Waals surface area contributed by atoms with E-state index >= 15 is 0 Å². The van der Waals surface area contributed by atoms with E-state index in [1.165, 1.54) is 0 Å². The second-order valence-electron chi connectivity index (χ2n) is 4.13. The zero-order valence-electron chi connectivity index (χ0n) is 11.3. The minimum absolute atomic E-state index is 0.0993. The van der Waals surface area contributed by atoms with E-state index in [-0.39, 0.29) is 6.04 Å². The standard InChI is InChI=1S/C14H24N2O2/c1-3-9-17-10-8-14(16-15)12-6-5-7-13(11-12)18-4-2/h5-7,11,14,16H,3-4,8-10,15H2,1-2H3. The normalized spacial score (nSPS) is 12.4. The number of hydrazine groups is 1. The van der Waals surface area contributed by atoms with Crippen LogP contribution in [0.15, 0.2) is 24.3 Å². The average molecular weight is 252 g/mol. The van der Waals surface area contributed by atoms with Crippen LogP contribution in [0, 0.1) is 0 Å². The lowest BCUT2D eigenvalue weighted by Crippen LogP contribution is -2.29. The van der Waals surface area contributed by atoms with E-state index in [1.54, 1.807) is 0 Å². The third kappa shape index (κ3) is 5.04. The third-order valence-electron chi connectivity index (χ3n) is 2.67. The van der Waals surface area contributed by atoms with Crippen LogP contribution in [-0.4, -0.2) is 19.8 Å². The Morgan fingerprint density at radius 2 is 2.11 bits per heavy atom. The van der Waals surface area contributed by atoms with Gasteiger partial charge in [0, 0.05) is 19.3 Å². The summed E-state index contributed by atoms with van der Waals surface area (Å²) in [5.41, 5.74) is 3.96. The number of nitrogens with two attached hydrogens (primary N) is 1. The summed E-state index contributed by atoms with van der Waals surface area (Å²) in [6, 6.07) is 8.11. The predicted octanol–water partition coefficient (Wildman–Crippen LogP) is 2.41. The molecule has 0 aliphatic carbocycles. The molecule has 3 N–H and O–H groups in total. The van der Waals surface area contributed by atoms with Gasteiger partial charge in [0.15, 0.2) is 0 Å². The van der Waals surface area contributed by atoms with Gasteiger partial charge in [-0.1, -0.05) is 19.1 Å². The zero-order chi connectivity index (χ0) is 13.2. The van der Waals surface area contributed by atoms with Gasteiger partial charge in [0.1, 0.15) is 5.75 Å². The Morgan fingerprint density at radius 3 is 2.78 bits per heavy atom. The Morgan fingerprint density at radius 1 is 1.28 bits per heavy atom. The molecule has 4 nitrogen and oxygen atoms in total. The Bertz CT molecular complexity index is 331. The summed E-state index contributed by atoms with van der Waals surface area (Å²) in [5, 5.41) is 0. The highest BCUT2D eigenvalue weighted by Gasteiger charge is 2.10. The Labute approximate surface area is 109 Å². The lowest BCUT2D eigenvalue weighted by atomic mass is 10.0. The van der Waals surface area contributed by atoms with Crippen molar-refractivity contribution < 1.29 is 9.47 Å². The topological polar surface area (TPSA) is 56.5 Å². The highest BCUT2D eigenvalue weighted by molar-refractivity contribution is 5.30. The van der Waals surface area contributed by atoms with Crippen LogP contribution in [0.2, 0.25) is 0 Å². The van der Waals surface area contributed by atoms with Gasteiger partial charge in [-0.25, -0.2) is 0 Å². The van der Waals surface area contributed by atoms with E-state index in [9.17, 15) is 0 Å². The van der Waals surface area contributed by atoms with Gasteiger partial charge >= 0.3 is 0 Å². The van der Waals surface area contributed by atoms with E-state index < -0.39 is 0 Å². The first-order valence-corrected chi connectivity index (χ1v) is 6.58. The Balaban J connectivity index is 2.54. The van der Waals surface area contributed by atoms with Gasteiger partial charge in [-0.15, -0.1) is 0 Å². The molecule has 0 amide bonds. The summed E-state index contributed by atoms with van der Waals surface area (Å²) in [6.07, 6.45) is 1.90. The first-order chi connectivity index (χ1) is 8.81. The maximum absolute atomic E-state index is 5.60. The Hall–Kier alpha value is -1.10. The molecule has 0 heterocycles. The molecule has 0 aromatic heterocycles. The van der Waals surface area contributed by atoms with Gasteiger partial charge in [-0.2, -0.15) is 0 Å². The van der Waals surface area contributed by atoms with Gasteiger partial charge in [0.25, 0.3) is 0 Å². The van der Waals surface area contributed by atoms with E-state index in [1.807, 2.05) is 31.2 Å². The summed E-state index contributed by atoms with van der Waals surface area (Å²) in [4.78, 5) is 0. The smallest absolute Gasteiger partial charge is 0.119 e. The van der Waals surface area contributed by atoms with Gasteiger partial charge in [0.05, 0.1) is 6.61 Å². The molecule has 0 saturated carbocycles. The summed E-state index contributed by atoms with van der Waals surface area (Å²) >= 11 is 0. The lowest BCUT2D eigenvalue weighted by molar-refractivity contribution is 0.124. The molecule has 1 aromatic rings. The molecule has 1 aromatic carbocycles. The van der Waals surface area contributed by atoms with Crippen molar-refractivity contribution in [2.24, 2.45) is 5.84 Å². The van der Waals surface area contributed by atoms with Crippen LogP contribution < -0.4 is 16.0 Å². The fourth-order valence-electron chi connectivity index (χ4n) is 1.78. The van der Waals surface area contributed by atoms with E-state index in [0.29, 0.717) is 13.2 Å². The lowest BCUT2D eigenvalue weighted by Gasteiger charge is -2.17. The van der Waals surface area contributed by atoms with Crippen LogP contribution in [-0.2, 0) is 4.74 Å². The highest BCUT2D eigenvalue weighted by Crippen LogP contribution is 2.21. The molecule has 0 aliphatic heterocycles. The average Bonchev–Trinajstić information content (AvgIpc) is 2.40. The summed E-state index contributed by atoms with van der Waals surface area (Å²) < 4.78 is 11.0. The molecule has 0 bridgehead atoms. The number of hydrogen-bond donors (Lipinski definition) is 2. The molecule has 0 saturated heterocycles. The van der Waals surface area contributed by atoms with Crippen LogP contribution in [0.1, 0.15) is 38.3 Å². The van der Waals surface area contributed by atoms with Crippen LogP contribution >= 0.6 is 0 Å². The van der Waals surface area contributed by atoms with Gasteiger partial charge in [0.2, 0.25) is 0 Å². The molecule has 1 atom stereocenters. The molecule has 102 valence electrons. The van der Waals surface area contributed by atoms with Crippen molar-refractivity contribution in [1.82, 2.24) is 5.43 Å². The molecule has 0 radical (unpaired) electrons. The van der Waals surface area contributed by atoms with Crippen molar-refractivity contribution in [2.45, 2.75) is 32.7 Å². The number of nitrogens with one attached hydrogen (secondary N) is 1. The molecule has 0 fully saturated rings. The summed E-state index contributed by atoms with van der Waals surface area (Å²) in [7, 11) is 0. The number of rotatable bonds is 9. The van der Waals surface area contributed by atoms with Crippen LogP contribution in [0.4, 0.5) is 0 Å². The van der Waals surface area contributed by atoms with Crippen molar-refractivity contribution in [1.29, 1.82) is 0 Å². The van der Waals surface area contributed by atoms with Gasteiger partial charge < -0.3 is 9.47 Å². The van der Waals surface area contributed by atoms with Crippen LogP contribution in [0.3, 0.4) is 0 Å². The first kappa shape index (κ1) is 15.0. The number of ether oxygens (including phenoxy) is 2. The molecule has 1 rings (SSSR count). The third-order valence-corrected chi connectivity index (χ3v) is 2.67. The molecule has 0 spiro atoms. The van der Waals surface area contributed by atoms with Crippen molar-refractivity contribution in [2.75, 3.05) is 19.8 Å². The quantitative estimate of drug-likeness (QED) is 0.402. The first-order valence-electron chi connectivity index (χ1n) is 6.58. The van der Waals surface area contributed by atoms with E-state index in [0.717, 1.165) is 30.8 Å². The summed E-state index contributed by atoms with van der Waals surface area (Å²) in [5.74, 6) is 6.48. The van der Waals surface area contributed by atoms with Crippen molar-refractivity contribution in [3.05, 3.63) is 29.8 Å². The minimum atomic E-state index is 0.0993. The number of hydrogen-bond acceptors (Lipinski definition) is 4. The number of benzene rings is 1. The fourth-order valence-corrected chi connectivity index (χ4v) is 1.78. The van der Waals surface area contributed by atoms with E-state index in [2.05, 4.69) is 12.3 Å². The van der Waals surface area contributed by atoms with Crippen LogP contribution in [0.25, 0.3) is 0 Å². The van der Waals surface area contributed by atoms with Crippen molar-refractivity contribution >= 4 is 0 Å². The van der Waals surface area contributed by atoms with Crippen molar-refractivity contribution in [3.8, 4) is 5.75 Å². The van der Waals surface area contributed by atoms with Crippen molar-refractivity contribution in [3.63, 3.8) is 0 Å². The van der Waals surface area contributed by atoms with Gasteiger partial charge in [-0.05, 0) is 37.5 Å². The molecule has 18 heavy (non-hydrogen) atoms. The monoisotopic (exact) mass is 252 g/mol. The molecule has 1 unspecified atom stereocenters. The largest absolute Gasteiger partial charge is 0.494 e. The second-order valence-corrected chi connectivity index (χ2v) is 4.13. The molecule has 0 aliphatic rings. The Kier molecular flexibility index (Phi) is 7.41. The predicted molar refractivity (Wildman–Crippen MR) is 73.4 cm³/mol. The van der Waals surface area contributed by atoms with Gasteiger partial charge in [-0.3, -0.25) is 11.3 Å². The second kappa shape index (κ2) is 8.91. The molecular formula is C14H24N2O2. The molecular weight excluding hydrogens is 228 g/mol. The van der Waals surface area contributed by atoms with Crippen LogP contribution in [0.5, 0.6) is 5.75 Å². The zero-order valence-corrected chi connectivity index (χ0v) is 11.3. The molecule has 4 heteroatoms. The highest BCUT2D eigenvalue weighted by atomic mass is 16.5. The minimum Gasteiger partial charge on any atom is -0.494 e. The SMILES string of the molecule is CCCOCCC(NN)c1cccc(OCC)c1. The summed E-state index contributed by atoms with van der Waals surface area (Å²) in [6.45, 7) is 6.26. The van der Waals surface area contributed by atoms with E-state index in [4.69, 9.17) is 15.3 Å². The maximum Gasteiger partial charge on any atom is 0.119 e. The maximum atomic E-state index is 5.60. The fraction of sp³-hybridized carbons (Fsp3) is 0.571.